The van der Waals surface area contributed by atoms with Crippen LogP contribution in [0.5, 0.6) is 5.75 Å². The molecule has 13 heteroatoms. The molecule has 0 saturated carbocycles. The molecule has 2 atom stereocenters. The summed E-state index contributed by atoms with van der Waals surface area (Å²) >= 11 is 5.99. The van der Waals surface area contributed by atoms with E-state index < -0.39 is 35.8 Å². The lowest BCUT2D eigenvalue weighted by Gasteiger charge is -2.31. The van der Waals surface area contributed by atoms with Gasteiger partial charge >= 0.3 is 12.2 Å². The number of benzene rings is 2. The lowest BCUT2D eigenvalue weighted by molar-refractivity contribution is -0.137. The van der Waals surface area contributed by atoms with Crippen LogP contribution in [0.2, 0.25) is 5.02 Å². The summed E-state index contributed by atoms with van der Waals surface area (Å²) in [5.74, 6) is -0.253. The average Bonchev–Trinajstić information content (AvgIpc) is 3.52. The van der Waals surface area contributed by atoms with Gasteiger partial charge in [0.2, 0.25) is 5.82 Å². The number of hydrogen-bond donors (Lipinski definition) is 2. The molecule has 0 spiro atoms. The van der Waals surface area contributed by atoms with Crippen molar-refractivity contribution in [3.8, 4) is 5.75 Å². The van der Waals surface area contributed by atoms with Crippen LogP contribution in [0.1, 0.15) is 64.5 Å². The molecule has 0 aliphatic carbocycles. The van der Waals surface area contributed by atoms with Crippen LogP contribution in [-0.2, 0) is 12.7 Å². The lowest BCUT2D eigenvalue weighted by Crippen LogP contribution is -2.43. The third kappa shape index (κ3) is 5.13. The number of halogens is 4. The maximum Gasteiger partial charge on any atom is 0.416 e. The van der Waals surface area contributed by atoms with E-state index in [4.69, 9.17) is 22.1 Å². The number of primary amides is 1. The second-order valence-corrected chi connectivity index (χ2v) is 9.64. The molecule has 3 N–H and O–H groups in total. The third-order valence-corrected chi connectivity index (χ3v) is 7.00. The number of urea groups is 1. The Hall–Kier alpha value is -3.80. The monoisotopic (exact) mass is 548 g/mol. The Morgan fingerprint density at radius 3 is 2.61 bits per heavy atom. The summed E-state index contributed by atoms with van der Waals surface area (Å²) in [6, 6.07) is 8.95. The van der Waals surface area contributed by atoms with E-state index in [1.54, 1.807) is 21.6 Å². The van der Waals surface area contributed by atoms with E-state index in [1.165, 1.54) is 6.07 Å². The van der Waals surface area contributed by atoms with Gasteiger partial charge in [-0.25, -0.2) is 4.79 Å². The Morgan fingerprint density at radius 1 is 1.13 bits per heavy atom. The van der Waals surface area contributed by atoms with E-state index in [9.17, 15) is 22.8 Å². The number of carbonyl (C=O) groups excluding carboxylic acids is 2. The minimum atomic E-state index is -4.50. The molecule has 5 rings (SSSR count). The highest BCUT2D eigenvalue weighted by atomic mass is 35.5. The minimum Gasteiger partial charge on any atom is -0.493 e. The Bertz CT molecular complexity index is 1360. The van der Waals surface area contributed by atoms with Crippen LogP contribution >= 0.6 is 11.6 Å². The Kier molecular flexibility index (Phi) is 6.91. The van der Waals surface area contributed by atoms with Gasteiger partial charge in [-0.1, -0.05) is 29.8 Å². The summed E-state index contributed by atoms with van der Waals surface area (Å²) in [5.41, 5.74) is 6.05. The van der Waals surface area contributed by atoms with Gasteiger partial charge in [-0.3, -0.25) is 4.79 Å². The first kappa shape index (κ1) is 25.8. The zero-order chi connectivity index (χ0) is 27.0. The molecule has 1 fully saturated rings. The van der Waals surface area contributed by atoms with E-state index in [1.807, 2.05) is 12.1 Å². The van der Waals surface area contributed by atoms with Gasteiger partial charge in [0.05, 0.1) is 30.8 Å². The van der Waals surface area contributed by atoms with Crippen molar-refractivity contribution in [2.75, 3.05) is 13.2 Å². The molecule has 1 saturated heterocycles. The van der Waals surface area contributed by atoms with Crippen molar-refractivity contribution in [1.82, 2.24) is 25.0 Å². The van der Waals surface area contributed by atoms with Crippen LogP contribution in [0.15, 0.2) is 42.5 Å². The Labute approximate surface area is 220 Å². The number of hydrogen-bond acceptors (Lipinski definition) is 5. The molecule has 200 valence electrons. The fraction of sp³-hybridized carbons (Fsp3) is 0.360. The highest BCUT2D eigenvalue weighted by molar-refractivity contribution is 6.30. The van der Waals surface area contributed by atoms with Crippen molar-refractivity contribution in [2.24, 2.45) is 5.73 Å². The van der Waals surface area contributed by atoms with Crippen LogP contribution < -0.4 is 15.8 Å². The molecule has 1 aromatic heterocycles. The highest BCUT2D eigenvalue weighted by Gasteiger charge is 2.37. The van der Waals surface area contributed by atoms with Crippen LogP contribution in [0.25, 0.3) is 0 Å². The van der Waals surface area contributed by atoms with E-state index in [-0.39, 0.29) is 24.7 Å². The van der Waals surface area contributed by atoms with Gasteiger partial charge in [0.25, 0.3) is 5.91 Å². The molecule has 2 aliphatic heterocycles. The number of fused-ring (bicyclic) bond motifs is 1. The van der Waals surface area contributed by atoms with Crippen LogP contribution in [0.3, 0.4) is 0 Å². The van der Waals surface area contributed by atoms with Gasteiger partial charge in [-0.2, -0.15) is 13.2 Å². The topological polar surface area (TPSA) is 115 Å². The Morgan fingerprint density at radius 2 is 1.89 bits per heavy atom. The number of nitrogens with zero attached hydrogens (tertiary/aromatic N) is 4. The predicted molar refractivity (Wildman–Crippen MR) is 131 cm³/mol. The summed E-state index contributed by atoms with van der Waals surface area (Å²) in [5, 5.41) is 11.7. The van der Waals surface area contributed by atoms with E-state index in [0.717, 1.165) is 17.7 Å². The minimum absolute atomic E-state index is 0.0268. The Balaban J connectivity index is 1.38. The molecule has 9 nitrogen and oxygen atoms in total. The van der Waals surface area contributed by atoms with Crippen molar-refractivity contribution >= 4 is 23.5 Å². The van der Waals surface area contributed by atoms with Crippen LogP contribution in [-0.4, -0.2) is 44.8 Å². The van der Waals surface area contributed by atoms with Gasteiger partial charge in [0, 0.05) is 23.6 Å². The fourth-order valence-corrected chi connectivity index (χ4v) is 5.02. The number of nitrogens with two attached hydrogens (primary N) is 1. The summed E-state index contributed by atoms with van der Waals surface area (Å²) in [6.07, 6.45) is -2.81. The van der Waals surface area contributed by atoms with Crippen LogP contribution in [0, 0.1) is 0 Å². The summed E-state index contributed by atoms with van der Waals surface area (Å²) in [4.78, 5) is 27.1. The van der Waals surface area contributed by atoms with Crippen molar-refractivity contribution in [1.29, 1.82) is 0 Å². The summed E-state index contributed by atoms with van der Waals surface area (Å²) in [7, 11) is 0. The number of aromatic nitrogens is 3. The normalized spacial score (nSPS) is 19.1. The maximum atomic E-state index is 13.4. The van der Waals surface area contributed by atoms with E-state index in [2.05, 4.69) is 15.5 Å². The molecule has 3 aromatic rings. The molecule has 0 unspecified atom stereocenters. The average molecular weight is 549 g/mol. The summed E-state index contributed by atoms with van der Waals surface area (Å²) in [6.45, 7) is 0.845. The number of rotatable bonds is 5. The van der Waals surface area contributed by atoms with Gasteiger partial charge in [-0.15, -0.1) is 10.2 Å². The molecule has 38 heavy (non-hydrogen) atoms. The van der Waals surface area contributed by atoms with Crippen molar-refractivity contribution < 1.29 is 27.5 Å². The van der Waals surface area contributed by atoms with Gasteiger partial charge in [0.15, 0.2) is 5.82 Å². The molecule has 2 aliphatic rings. The first-order valence-corrected chi connectivity index (χ1v) is 12.4. The largest absolute Gasteiger partial charge is 0.493 e. The fourth-order valence-electron chi connectivity index (χ4n) is 4.90. The van der Waals surface area contributed by atoms with E-state index in [0.29, 0.717) is 42.2 Å². The molecule has 3 heterocycles. The van der Waals surface area contributed by atoms with Gasteiger partial charge in [-0.05, 0) is 42.7 Å². The van der Waals surface area contributed by atoms with Crippen molar-refractivity contribution in [3.05, 3.63) is 75.8 Å². The molecule has 0 radical (unpaired) electrons. The third-order valence-electron chi connectivity index (χ3n) is 6.74. The summed E-state index contributed by atoms with van der Waals surface area (Å²) < 4.78 is 46.5. The quantitative estimate of drug-likeness (QED) is 0.488. The highest BCUT2D eigenvalue weighted by Crippen LogP contribution is 2.39. The van der Waals surface area contributed by atoms with Crippen LogP contribution in [0.4, 0.5) is 18.0 Å². The zero-order valence-corrected chi connectivity index (χ0v) is 20.8. The standard InChI is InChI=1S/C25H24ClF3N6O3/c26-16-6-3-14(4-7-16)13-35-22(32-33-23(35)21(30)36)19-2-1-10-34(19)24(37)31-18-9-11-38-20-12-15(25(27,28)29)5-8-17(18)20/h3-8,12,18-19H,1-2,9-11,13H2,(H2,30,36)(H,31,37)/t18-,19+/m0/s1. The second-order valence-electron chi connectivity index (χ2n) is 9.20. The zero-order valence-electron chi connectivity index (χ0n) is 20.0. The number of amides is 3. The predicted octanol–water partition coefficient (Wildman–Crippen LogP) is 4.47. The van der Waals surface area contributed by atoms with Gasteiger partial charge < -0.3 is 25.3 Å². The molecule has 2 aromatic carbocycles. The van der Waals surface area contributed by atoms with E-state index >= 15 is 0 Å². The first-order chi connectivity index (χ1) is 18.1. The number of likely N-dealkylation sites (tertiary alicyclic amines) is 1. The molecule has 0 bridgehead atoms. The number of alkyl halides is 3. The van der Waals surface area contributed by atoms with Crippen molar-refractivity contribution in [2.45, 2.75) is 44.1 Å². The number of ether oxygens (including phenoxy) is 1. The number of nitrogens with one attached hydrogen (secondary N) is 1. The first-order valence-electron chi connectivity index (χ1n) is 12.0. The molecular weight excluding hydrogens is 525 g/mol. The smallest absolute Gasteiger partial charge is 0.416 e. The lowest BCUT2D eigenvalue weighted by atomic mass is 9.98. The number of carbonyl (C=O) groups is 2. The SMILES string of the molecule is NC(=O)c1nnc([C@H]2CCCN2C(=O)N[C@H]2CCOc3cc(C(F)(F)F)ccc32)n1Cc1ccc(Cl)cc1. The van der Waals surface area contributed by atoms with Gasteiger partial charge in [0.1, 0.15) is 5.75 Å². The second kappa shape index (κ2) is 10.2. The molecular formula is C25H24ClF3N6O3. The maximum absolute atomic E-state index is 13.4. The molecule has 3 amide bonds. The van der Waals surface area contributed by atoms with Crippen molar-refractivity contribution in [3.63, 3.8) is 0 Å².